The van der Waals surface area contributed by atoms with Gasteiger partial charge in [0.2, 0.25) is 0 Å². The Labute approximate surface area is 121 Å². The minimum Gasteiger partial charge on any atom is -0.452 e. The van der Waals surface area contributed by atoms with Crippen LogP contribution in [-0.2, 0) is 4.74 Å². The summed E-state index contributed by atoms with van der Waals surface area (Å²) in [6.07, 6.45) is 1.74. The molecule has 0 saturated carbocycles. The molecule has 0 amide bonds. The van der Waals surface area contributed by atoms with Crippen LogP contribution < -0.4 is 0 Å². The summed E-state index contributed by atoms with van der Waals surface area (Å²) in [4.78, 5) is 20.3. The highest BCUT2D eigenvalue weighted by Gasteiger charge is 2.34. The van der Waals surface area contributed by atoms with Crippen molar-refractivity contribution in [1.29, 1.82) is 0 Å². The van der Waals surface area contributed by atoms with Gasteiger partial charge >= 0.3 is 5.97 Å². The molecule has 0 aliphatic heterocycles. The lowest BCUT2D eigenvalue weighted by atomic mass is 10.1. The Morgan fingerprint density at radius 3 is 2.80 bits per heavy atom. The van der Waals surface area contributed by atoms with Crippen LogP contribution in [0.25, 0.3) is 0 Å². The summed E-state index contributed by atoms with van der Waals surface area (Å²) in [5.41, 5.74) is 2.15. The molecular formula is C15H13ClN2O2. The lowest BCUT2D eigenvalue weighted by Crippen LogP contribution is -2.10. The maximum absolute atomic E-state index is 12.1. The molecule has 0 N–H and O–H groups in total. The van der Waals surface area contributed by atoms with Crippen LogP contribution >= 0.6 is 11.6 Å². The van der Waals surface area contributed by atoms with Gasteiger partial charge in [-0.15, -0.1) is 0 Å². The van der Waals surface area contributed by atoms with Crippen LogP contribution in [0.2, 0.25) is 5.15 Å². The van der Waals surface area contributed by atoms with E-state index >= 15 is 0 Å². The van der Waals surface area contributed by atoms with Gasteiger partial charge < -0.3 is 4.74 Å². The number of fused-ring (bicyclic) bond motifs is 1. The molecule has 3 rings (SSSR count). The molecule has 102 valence electrons. The largest absolute Gasteiger partial charge is 0.452 e. The fraction of sp³-hybridized carbons (Fsp3) is 0.267. The second-order valence-electron chi connectivity index (χ2n) is 4.86. The van der Waals surface area contributed by atoms with E-state index in [1.165, 1.54) is 6.33 Å². The van der Waals surface area contributed by atoms with E-state index in [4.69, 9.17) is 16.3 Å². The number of halogens is 1. The molecule has 0 radical (unpaired) electrons. The zero-order valence-corrected chi connectivity index (χ0v) is 11.7. The summed E-state index contributed by atoms with van der Waals surface area (Å²) in [5.74, 6) is -0.155. The number of hydrogen-bond acceptors (Lipinski definition) is 4. The summed E-state index contributed by atoms with van der Waals surface area (Å²) < 4.78 is 5.56. The van der Waals surface area contributed by atoms with Crippen molar-refractivity contribution in [1.82, 2.24) is 9.97 Å². The lowest BCUT2D eigenvalue weighted by molar-refractivity contribution is 0.0284. The summed E-state index contributed by atoms with van der Waals surface area (Å²) in [6, 6.07) is 8.93. The van der Waals surface area contributed by atoms with Gasteiger partial charge in [-0.1, -0.05) is 36.7 Å². The van der Waals surface area contributed by atoms with Crippen LogP contribution in [0.5, 0.6) is 0 Å². The highest BCUT2D eigenvalue weighted by molar-refractivity contribution is 6.30. The van der Waals surface area contributed by atoms with Crippen molar-refractivity contribution in [2.24, 2.45) is 0 Å². The van der Waals surface area contributed by atoms with E-state index in [1.807, 2.05) is 13.0 Å². The molecule has 5 heteroatoms. The number of carbonyl (C=O) groups excluding carboxylic acids is 1. The third-order valence-corrected chi connectivity index (χ3v) is 3.79. The quantitative estimate of drug-likeness (QED) is 0.626. The monoisotopic (exact) mass is 288 g/mol. The van der Waals surface area contributed by atoms with E-state index in [0.29, 0.717) is 17.1 Å². The SMILES string of the molecule is C[C@@H]1C[C@@H](OC(=O)c2ccccc2)c2ncnc(Cl)c21. The number of ether oxygens (including phenoxy) is 1. The Kier molecular flexibility index (Phi) is 3.40. The summed E-state index contributed by atoms with van der Waals surface area (Å²) in [6.45, 7) is 2.03. The van der Waals surface area contributed by atoms with Crippen LogP contribution in [0.15, 0.2) is 36.7 Å². The molecular weight excluding hydrogens is 276 g/mol. The van der Waals surface area contributed by atoms with E-state index in [0.717, 1.165) is 11.3 Å². The van der Waals surface area contributed by atoms with Gasteiger partial charge in [0.25, 0.3) is 0 Å². The van der Waals surface area contributed by atoms with Crippen LogP contribution in [-0.4, -0.2) is 15.9 Å². The van der Waals surface area contributed by atoms with Gasteiger partial charge in [0.05, 0.1) is 11.3 Å². The molecule has 2 aromatic rings. The highest BCUT2D eigenvalue weighted by Crippen LogP contribution is 2.43. The van der Waals surface area contributed by atoms with E-state index in [2.05, 4.69) is 9.97 Å². The molecule has 0 fully saturated rings. The molecule has 1 aromatic heterocycles. The Morgan fingerprint density at radius 2 is 2.05 bits per heavy atom. The molecule has 1 aliphatic carbocycles. The van der Waals surface area contributed by atoms with Crippen LogP contribution in [0.3, 0.4) is 0 Å². The smallest absolute Gasteiger partial charge is 0.338 e. The standard InChI is InChI=1S/C15H13ClN2O2/c1-9-7-11(13-12(9)14(16)18-8-17-13)20-15(19)10-5-3-2-4-6-10/h2-6,8-9,11H,7H2,1H3/t9-,11-/m1/s1. The molecule has 0 bridgehead atoms. The summed E-state index contributed by atoms with van der Waals surface area (Å²) in [7, 11) is 0. The second-order valence-corrected chi connectivity index (χ2v) is 5.22. The fourth-order valence-electron chi connectivity index (χ4n) is 2.52. The molecule has 0 spiro atoms. The lowest BCUT2D eigenvalue weighted by Gasteiger charge is -2.12. The number of carbonyl (C=O) groups is 1. The van der Waals surface area contributed by atoms with E-state index < -0.39 is 0 Å². The van der Waals surface area contributed by atoms with Crippen molar-refractivity contribution >= 4 is 17.6 Å². The molecule has 0 saturated heterocycles. The third kappa shape index (κ3) is 2.27. The number of aromatic nitrogens is 2. The maximum atomic E-state index is 12.1. The minimum atomic E-state index is -0.354. The first-order chi connectivity index (χ1) is 9.66. The Morgan fingerprint density at radius 1 is 1.30 bits per heavy atom. The van der Waals surface area contributed by atoms with Crippen molar-refractivity contribution in [3.63, 3.8) is 0 Å². The maximum Gasteiger partial charge on any atom is 0.338 e. The Hall–Kier alpha value is -1.94. The normalized spacial score (nSPS) is 20.5. The number of rotatable bonds is 2. The van der Waals surface area contributed by atoms with E-state index in [-0.39, 0.29) is 18.0 Å². The summed E-state index contributed by atoms with van der Waals surface area (Å²) >= 11 is 6.09. The van der Waals surface area contributed by atoms with Gasteiger partial charge in [-0.25, -0.2) is 14.8 Å². The van der Waals surface area contributed by atoms with Gasteiger partial charge in [-0.3, -0.25) is 0 Å². The molecule has 4 nitrogen and oxygen atoms in total. The molecule has 1 aliphatic rings. The predicted octanol–water partition coefficient (Wildman–Crippen LogP) is 3.54. The Bertz CT molecular complexity index is 646. The van der Waals surface area contributed by atoms with E-state index in [9.17, 15) is 4.79 Å². The number of esters is 1. The number of nitrogens with zero attached hydrogens (tertiary/aromatic N) is 2. The predicted molar refractivity (Wildman–Crippen MR) is 74.7 cm³/mol. The van der Waals surface area contributed by atoms with Crippen molar-refractivity contribution in [3.8, 4) is 0 Å². The van der Waals surface area contributed by atoms with Crippen molar-refractivity contribution in [3.05, 3.63) is 58.6 Å². The van der Waals surface area contributed by atoms with Gasteiger partial charge in [0, 0.05) is 5.56 Å². The van der Waals surface area contributed by atoms with Crippen molar-refractivity contribution in [2.75, 3.05) is 0 Å². The molecule has 1 aromatic carbocycles. The average molecular weight is 289 g/mol. The first kappa shape index (κ1) is 13.1. The zero-order chi connectivity index (χ0) is 14.1. The first-order valence-electron chi connectivity index (χ1n) is 6.43. The third-order valence-electron chi connectivity index (χ3n) is 3.49. The molecule has 20 heavy (non-hydrogen) atoms. The molecule has 1 heterocycles. The average Bonchev–Trinajstić information content (AvgIpc) is 2.77. The number of benzene rings is 1. The highest BCUT2D eigenvalue weighted by atomic mass is 35.5. The summed E-state index contributed by atoms with van der Waals surface area (Å²) in [5, 5.41) is 0.445. The van der Waals surface area contributed by atoms with Crippen LogP contribution in [0.4, 0.5) is 0 Å². The number of hydrogen-bond donors (Lipinski definition) is 0. The fourth-order valence-corrected chi connectivity index (χ4v) is 2.85. The van der Waals surface area contributed by atoms with Gasteiger partial charge in [0.15, 0.2) is 0 Å². The second kappa shape index (κ2) is 5.21. The van der Waals surface area contributed by atoms with Gasteiger partial charge in [-0.2, -0.15) is 0 Å². The van der Waals surface area contributed by atoms with Gasteiger partial charge in [-0.05, 0) is 24.5 Å². The van der Waals surface area contributed by atoms with Gasteiger partial charge in [0.1, 0.15) is 17.6 Å². The first-order valence-corrected chi connectivity index (χ1v) is 6.81. The molecule has 2 atom stereocenters. The van der Waals surface area contributed by atoms with Crippen molar-refractivity contribution < 1.29 is 9.53 Å². The van der Waals surface area contributed by atoms with Crippen molar-refractivity contribution in [2.45, 2.75) is 25.4 Å². The van der Waals surface area contributed by atoms with Crippen LogP contribution in [0.1, 0.15) is 47.0 Å². The van der Waals surface area contributed by atoms with Crippen LogP contribution in [0, 0.1) is 0 Å². The topological polar surface area (TPSA) is 52.1 Å². The minimum absolute atomic E-state index is 0.187. The molecule has 0 unspecified atom stereocenters. The Balaban J connectivity index is 1.85. The van der Waals surface area contributed by atoms with E-state index in [1.54, 1.807) is 24.3 Å². The zero-order valence-electron chi connectivity index (χ0n) is 10.9.